The number of halogens is 1. The van der Waals surface area contributed by atoms with Gasteiger partial charge in [-0.3, -0.25) is 9.59 Å². The maximum atomic E-state index is 13.4. The van der Waals surface area contributed by atoms with Crippen LogP contribution < -0.4 is 4.74 Å². The van der Waals surface area contributed by atoms with Gasteiger partial charge in [0, 0.05) is 12.8 Å². The van der Waals surface area contributed by atoms with Crippen molar-refractivity contribution >= 4 is 11.9 Å². The Balaban J connectivity index is 1.97. The maximum Gasteiger partial charge on any atom is 0.311 e. The predicted octanol–water partition coefficient (Wildman–Crippen LogP) is 5.59. The molecule has 0 saturated carbocycles. The molecule has 0 unspecified atom stereocenters. The number of rotatable bonds is 14. The summed E-state index contributed by atoms with van der Waals surface area (Å²) in [6.07, 6.45) is 9.81. The van der Waals surface area contributed by atoms with Crippen molar-refractivity contribution in [2.24, 2.45) is 0 Å². The van der Waals surface area contributed by atoms with Gasteiger partial charge >= 0.3 is 11.9 Å². The molecule has 0 atom stereocenters. The number of ether oxygens (including phenoxy) is 2. The predicted molar refractivity (Wildman–Crippen MR) is 99.5 cm³/mol. The average Bonchev–Trinajstić information content (AvgIpc) is 2.63. The van der Waals surface area contributed by atoms with Crippen LogP contribution in [0.15, 0.2) is 24.3 Å². The third kappa shape index (κ3) is 10.9. The van der Waals surface area contributed by atoms with E-state index in [1.54, 1.807) is 6.07 Å². The van der Waals surface area contributed by atoms with Crippen molar-refractivity contribution in [3.8, 4) is 5.75 Å². The summed E-state index contributed by atoms with van der Waals surface area (Å²) >= 11 is 0. The number of carbonyl (C=O) groups excluding carboxylic acids is 2. The molecule has 0 amide bonds. The third-order valence-corrected chi connectivity index (χ3v) is 4.08. The molecule has 0 aromatic heterocycles. The molecule has 0 aliphatic heterocycles. The Kier molecular flexibility index (Phi) is 12.2. The first-order chi connectivity index (χ1) is 12.6. The van der Waals surface area contributed by atoms with Crippen LogP contribution in [0.1, 0.15) is 77.6 Å². The fourth-order valence-electron chi connectivity index (χ4n) is 2.56. The molecule has 0 fully saturated rings. The van der Waals surface area contributed by atoms with Crippen molar-refractivity contribution in [2.45, 2.75) is 77.6 Å². The molecule has 0 saturated heterocycles. The lowest BCUT2D eigenvalue weighted by Crippen LogP contribution is -2.10. The third-order valence-electron chi connectivity index (χ3n) is 4.08. The van der Waals surface area contributed by atoms with Crippen LogP contribution in [0.5, 0.6) is 5.75 Å². The topological polar surface area (TPSA) is 52.6 Å². The largest absolute Gasteiger partial charge is 0.466 e. The molecule has 0 spiro atoms. The van der Waals surface area contributed by atoms with Gasteiger partial charge < -0.3 is 9.47 Å². The van der Waals surface area contributed by atoms with E-state index in [2.05, 4.69) is 6.92 Å². The minimum Gasteiger partial charge on any atom is -0.466 e. The molecule has 1 rings (SSSR count). The first-order valence-electron chi connectivity index (χ1n) is 9.74. The highest BCUT2D eigenvalue weighted by molar-refractivity contribution is 5.72. The molecule has 26 heavy (non-hydrogen) atoms. The summed E-state index contributed by atoms with van der Waals surface area (Å²) in [5.41, 5.74) is 0. The summed E-state index contributed by atoms with van der Waals surface area (Å²) in [6.45, 7) is 2.67. The summed E-state index contributed by atoms with van der Waals surface area (Å²) in [4.78, 5) is 23.3. The summed E-state index contributed by atoms with van der Waals surface area (Å²) in [5.74, 6) is -1.34. The summed E-state index contributed by atoms with van der Waals surface area (Å²) in [5, 5.41) is 0. The lowest BCUT2D eigenvalue weighted by Gasteiger charge is -2.06. The zero-order valence-electron chi connectivity index (χ0n) is 15.8. The van der Waals surface area contributed by atoms with Crippen molar-refractivity contribution in [2.75, 3.05) is 6.61 Å². The van der Waals surface area contributed by atoms with Gasteiger partial charge in [-0.25, -0.2) is 4.39 Å². The van der Waals surface area contributed by atoms with E-state index in [0.717, 1.165) is 12.8 Å². The van der Waals surface area contributed by atoms with Crippen molar-refractivity contribution < 1.29 is 23.5 Å². The molecule has 0 N–H and O–H groups in total. The number of hydrogen-bond acceptors (Lipinski definition) is 4. The molecule has 0 aliphatic carbocycles. The highest BCUT2D eigenvalue weighted by Crippen LogP contribution is 2.16. The lowest BCUT2D eigenvalue weighted by atomic mass is 10.1. The van der Waals surface area contributed by atoms with Gasteiger partial charge in [0.2, 0.25) is 0 Å². The normalized spacial score (nSPS) is 10.5. The van der Waals surface area contributed by atoms with Crippen molar-refractivity contribution in [3.63, 3.8) is 0 Å². The maximum absolute atomic E-state index is 13.4. The van der Waals surface area contributed by atoms with Crippen LogP contribution in [-0.2, 0) is 14.3 Å². The molecule has 1 aromatic carbocycles. The number of hydrogen-bond donors (Lipinski definition) is 0. The summed E-state index contributed by atoms with van der Waals surface area (Å²) < 4.78 is 23.5. The number of carbonyl (C=O) groups is 2. The smallest absolute Gasteiger partial charge is 0.311 e. The van der Waals surface area contributed by atoms with E-state index in [-0.39, 0.29) is 18.1 Å². The molecule has 5 heteroatoms. The van der Waals surface area contributed by atoms with Gasteiger partial charge in [0.15, 0.2) is 11.6 Å². The Morgan fingerprint density at radius 2 is 1.46 bits per heavy atom. The minimum atomic E-state index is -0.560. The van der Waals surface area contributed by atoms with Crippen LogP contribution >= 0.6 is 0 Å². The number of para-hydroxylation sites is 1. The zero-order chi connectivity index (χ0) is 19.0. The zero-order valence-corrected chi connectivity index (χ0v) is 15.8. The monoisotopic (exact) mass is 366 g/mol. The Labute approximate surface area is 156 Å². The molecule has 0 radical (unpaired) electrons. The SMILES string of the molecule is CCCCCCCCCOC(=O)CCCCC(=O)Oc1ccccc1F. The Bertz CT molecular complexity index is 530. The number of unbranched alkanes of at least 4 members (excludes halogenated alkanes) is 7. The van der Waals surface area contributed by atoms with Crippen molar-refractivity contribution in [1.29, 1.82) is 0 Å². The van der Waals surface area contributed by atoms with E-state index in [1.165, 1.54) is 50.3 Å². The molecular weight excluding hydrogens is 335 g/mol. The standard InChI is InChI=1S/C21H31FO4/c1-2-3-4-5-6-7-12-17-25-20(23)15-10-11-16-21(24)26-19-14-9-8-13-18(19)22/h8-9,13-14H,2-7,10-12,15-17H2,1H3. The first-order valence-corrected chi connectivity index (χ1v) is 9.74. The Morgan fingerprint density at radius 3 is 2.15 bits per heavy atom. The fourth-order valence-corrected chi connectivity index (χ4v) is 2.56. The second-order valence-electron chi connectivity index (χ2n) is 6.45. The van der Waals surface area contributed by atoms with Gasteiger partial charge in [-0.1, -0.05) is 57.6 Å². The molecule has 0 heterocycles. The Morgan fingerprint density at radius 1 is 0.846 bits per heavy atom. The van der Waals surface area contributed by atoms with Crippen LogP contribution in [0.4, 0.5) is 4.39 Å². The van der Waals surface area contributed by atoms with Crippen LogP contribution in [0.25, 0.3) is 0 Å². The first kappa shape index (κ1) is 22.1. The highest BCUT2D eigenvalue weighted by atomic mass is 19.1. The minimum absolute atomic E-state index is 0.0633. The van der Waals surface area contributed by atoms with Crippen LogP contribution in [-0.4, -0.2) is 18.5 Å². The van der Waals surface area contributed by atoms with E-state index < -0.39 is 11.8 Å². The summed E-state index contributed by atoms with van der Waals surface area (Å²) in [7, 11) is 0. The van der Waals surface area contributed by atoms with Crippen LogP contribution in [0.2, 0.25) is 0 Å². The van der Waals surface area contributed by atoms with Gasteiger partial charge in [-0.05, 0) is 31.4 Å². The van der Waals surface area contributed by atoms with Gasteiger partial charge in [0.1, 0.15) is 0 Å². The van der Waals surface area contributed by atoms with E-state index in [1.807, 2.05) is 0 Å². The van der Waals surface area contributed by atoms with Crippen molar-refractivity contribution in [3.05, 3.63) is 30.1 Å². The molecular formula is C21H31FO4. The van der Waals surface area contributed by atoms with Gasteiger partial charge in [0.05, 0.1) is 6.61 Å². The van der Waals surface area contributed by atoms with Crippen LogP contribution in [0, 0.1) is 5.82 Å². The van der Waals surface area contributed by atoms with E-state index in [9.17, 15) is 14.0 Å². The molecule has 1 aromatic rings. The second-order valence-corrected chi connectivity index (χ2v) is 6.45. The van der Waals surface area contributed by atoms with Crippen molar-refractivity contribution in [1.82, 2.24) is 0 Å². The van der Waals surface area contributed by atoms with Gasteiger partial charge in [0.25, 0.3) is 0 Å². The van der Waals surface area contributed by atoms with Gasteiger partial charge in [-0.2, -0.15) is 0 Å². The number of benzene rings is 1. The Hall–Kier alpha value is -1.91. The van der Waals surface area contributed by atoms with Gasteiger partial charge in [-0.15, -0.1) is 0 Å². The average molecular weight is 366 g/mol. The fraction of sp³-hybridized carbons (Fsp3) is 0.619. The van der Waals surface area contributed by atoms with E-state index in [0.29, 0.717) is 25.9 Å². The molecule has 146 valence electrons. The molecule has 0 bridgehead atoms. The summed E-state index contributed by atoms with van der Waals surface area (Å²) in [6, 6.07) is 5.79. The highest BCUT2D eigenvalue weighted by Gasteiger charge is 2.09. The lowest BCUT2D eigenvalue weighted by molar-refractivity contribution is -0.144. The molecule has 4 nitrogen and oxygen atoms in total. The van der Waals surface area contributed by atoms with Crippen LogP contribution in [0.3, 0.4) is 0 Å². The van der Waals surface area contributed by atoms with E-state index >= 15 is 0 Å². The second kappa shape index (κ2) is 14.3. The van der Waals surface area contributed by atoms with E-state index in [4.69, 9.17) is 9.47 Å². The molecule has 0 aliphatic rings. The number of esters is 2. The quantitative estimate of drug-likeness (QED) is 0.245.